The Morgan fingerprint density at radius 3 is 0.920 bits per heavy atom. The lowest BCUT2D eigenvalue weighted by atomic mass is 10.0. The first-order valence-electron chi connectivity index (χ1n) is 23.0. The van der Waals surface area contributed by atoms with E-state index in [0.29, 0.717) is 19.3 Å². The second-order valence-electron chi connectivity index (χ2n) is 16.0. The Bertz CT molecular complexity index is 677. The molecule has 1 unspecified atom stereocenters. The molecule has 0 spiro atoms. The van der Waals surface area contributed by atoms with E-state index in [9.17, 15) is 9.59 Å². The average Bonchev–Trinajstić information content (AvgIpc) is 3.10. The predicted octanol–water partition coefficient (Wildman–Crippen LogP) is 16.0. The molecule has 0 rings (SSSR count). The summed E-state index contributed by atoms with van der Waals surface area (Å²) in [7, 11) is 0. The van der Waals surface area contributed by atoms with E-state index in [-0.39, 0.29) is 18.5 Å². The number of carboxylic acids is 1. The van der Waals surface area contributed by atoms with Crippen molar-refractivity contribution in [1.29, 1.82) is 0 Å². The highest BCUT2D eigenvalue weighted by atomic mass is 16.5. The molecule has 0 aromatic heterocycles. The summed E-state index contributed by atoms with van der Waals surface area (Å²) in [5.41, 5.74) is 0. The van der Waals surface area contributed by atoms with Crippen LogP contribution in [0.2, 0.25) is 0 Å². The van der Waals surface area contributed by atoms with Gasteiger partial charge in [-0.15, -0.1) is 0 Å². The van der Waals surface area contributed by atoms with E-state index in [1.807, 2.05) is 0 Å². The number of hydrogen-bond acceptors (Lipinski definition) is 3. The monoisotopic (exact) mass is 707 g/mol. The summed E-state index contributed by atoms with van der Waals surface area (Å²) in [6, 6.07) is 0. The summed E-state index contributed by atoms with van der Waals surface area (Å²) >= 11 is 0. The highest BCUT2D eigenvalue weighted by Crippen LogP contribution is 2.19. The summed E-state index contributed by atoms with van der Waals surface area (Å²) < 4.78 is 5.86. The van der Waals surface area contributed by atoms with E-state index in [1.165, 1.54) is 212 Å². The molecule has 4 heteroatoms. The number of rotatable bonds is 43. The maximum absolute atomic E-state index is 12.6. The topological polar surface area (TPSA) is 63.6 Å². The lowest BCUT2D eigenvalue weighted by molar-refractivity contribution is -0.150. The molecule has 0 fully saturated rings. The van der Waals surface area contributed by atoms with Crippen LogP contribution in [0.1, 0.15) is 277 Å². The Morgan fingerprint density at radius 1 is 0.360 bits per heavy atom. The van der Waals surface area contributed by atoms with E-state index < -0.39 is 5.97 Å². The maximum atomic E-state index is 12.6. The third-order valence-corrected chi connectivity index (χ3v) is 10.8. The van der Waals surface area contributed by atoms with Crippen molar-refractivity contribution in [2.45, 2.75) is 283 Å². The Kier molecular flexibility index (Phi) is 41.5. The van der Waals surface area contributed by atoms with Crippen LogP contribution in [0.4, 0.5) is 0 Å². The lowest BCUT2D eigenvalue weighted by Gasteiger charge is -2.18. The van der Waals surface area contributed by atoms with Gasteiger partial charge in [-0.25, -0.2) is 0 Å². The highest BCUT2D eigenvalue weighted by Gasteiger charge is 2.15. The van der Waals surface area contributed by atoms with Crippen molar-refractivity contribution < 1.29 is 19.4 Å². The first-order chi connectivity index (χ1) is 24.6. The van der Waals surface area contributed by atoms with Gasteiger partial charge in [0.15, 0.2) is 0 Å². The molecule has 0 aliphatic rings. The number of carboxylic acid groups (broad SMARTS) is 1. The van der Waals surface area contributed by atoms with Gasteiger partial charge >= 0.3 is 11.9 Å². The minimum absolute atomic E-state index is 0.0795. The van der Waals surface area contributed by atoms with Gasteiger partial charge in [0, 0.05) is 12.8 Å². The van der Waals surface area contributed by atoms with Crippen LogP contribution in [0.5, 0.6) is 0 Å². The van der Waals surface area contributed by atoms with Crippen LogP contribution in [-0.2, 0) is 14.3 Å². The van der Waals surface area contributed by atoms with Crippen molar-refractivity contribution in [3.63, 3.8) is 0 Å². The second-order valence-corrected chi connectivity index (χ2v) is 16.0. The van der Waals surface area contributed by atoms with Crippen molar-refractivity contribution in [2.75, 3.05) is 0 Å². The summed E-state index contributed by atoms with van der Waals surface area (Å²) in [6.07, 6.45) is 51.4. The number of hydrogen-bond donors (Lipinski definition) is 1. The third-order valence-electron chi connectivity index (χ3n) is 10.8. The molecule has 298 valence electrons. The average molecular weight is 707 g/mol. The zero-order chi connectivity index (χ0) is 36.4. The lowest BCUT2D eigenvalue weighted by Crippen LogP contribution is -2.18. The smallest absolute Gasteiger partial charge is 0.306 e. The standard InChI is InChI=1S/C46H90O4/c1-3-5-7-9-11-13-15-17-19-20-21-22-23-24-26-28-30-32-34-36-38-43-46(49)50-44(41-39-42-45(47)48)40-37-35-33-31-29-27-25-18-16-14-12-10-8-6-4-2/h44H,3-43H2,1-2H3,(H,47,48). The van der Waals surface area contributed by atoms with Crippen LogP contribution in [0.15, 0.2) is 0 Å². The number of aliphatic carboxylic acids is 1. The molecule has 0 aromatic rings. The minimum Gasteiger partial charge on any atom is -0.481 e. The molecule has 0 bridgehead atoms. The predicted molar refractivity (Wildman–Crippen MR) is 218 cm³/mol. The van der Waals surface area contributed by atoms with Crippen molar-refractivity contribution in [3.05, 3.63) is 0 Å². The van der Waals surface area contributed by atoms with Crippen LogP contribution in [0, 0.1) is 0 Å². The molecule has 50 heavy (non-hydrogen) atoms. The van der Waals surface area contributed by atoms with Crippen LogP contribution in [0.25, 0.3) is 0 Å². The molecule has 0 radical (unpaired) electrons. The molecule has 0 aliphatic carbocycles. The highest BCUT2D eigenvalue weighted by molar-refractivity contribution is 5.69. The Balaban J connectivity index is 3.67. The van der Waals surface area contributed by atoms with Crippen LogP contribution >= 0.6 is 0 Å². The third kappa shape index (κ3) is 41.4. The summed E-state index contributed by atoms with van der Waals surface area (Å²) in [5, 5.41) is 9.05. The summed E-state index contributed by atoms with van der Waals surface area (Å²) in [6.45, 7) is 4.57. The van der Waals surface area contributed by atoms with Crippen molar-refractivity contribution in [2.24, 2.45) is 0 Å². The Labute approximate surface area is 313 Å². The van der Waals surface area contributed by atoms with Gasteiger partial charge in [-0.1, -0.05) is 232 Å². The largest absolute Gasteiger partial charge is 0.481 e. The van der Waals surface area contributed by atoms with Crippen LogP contribution < -0.4 is 0 Å². The zero-order valence-corrected chi connectivity index (χ0v) is 34.2. The Hall–Kier alpha value is -1.06. The molecular weight excluding hydrogens is 617 g/mol. The van der Waals surface area contributed by atoms with E-state index in [1.54, 1.807) is 0 Å². The molecule has 0 saturated heterocycles. The number of carbonyl (C=O) groups is 2. The molecule has 0 heterocycles. The van der Waals surface area contributed by atoms with Crippen molar-refractivity contribution in [1.82, 2.24) is 0 Å². The zero-order valence-electron chi connectivity index (χ0n) is 34.2. The molecule has 1 N–H and O–H groups in total. The van der Waals surface area contributed by atoms with Gasteiger partial charge in [0.1, 0.15) is 6.10 Å². The normalized spacial score (nSPS) is 12.0. The van der Waals surface area contributed by atoms with Crippen molar-refractivity contribution >= 4 is 11.9 Å². The van der Waals surface area contributed by atoms with Crippen LogP contribution in [-0.4, -0.2) is 23.1 Å². The molecule has 4 nitrogen and oxygen atoms in total. The van der Waals surface area contributed by atoms with Crippen LogP contribution in [0.3, 0.4) is 0 Å². The molecule has 1 atom stereocenters. The summed E-state index contributed by atoms with van der Waals surface area (Å²) in [4.78, 5) is 23.6. The molecule has 0 saturated carbocycles. The Morgan fingerprint density at radius 2 is 0.620 bits per heavy atom. The molecular formula is C46H90O4. The summed E-state index contributed by atoms with van der Waals surface area (Å²) in [5.74, 6) is -0.842. The fraction of sp³-hybridized carbons (Fsp3) is 0.957. The second kappa shape index (κ2) is 42.4. The van der Waals surface area contributed by atoms with E-state index in [4.69, 9.17) is 9.84 Å². The van der Waals surface area contributed by atoms with E-state index >= 15 is 0 Å². The van der Waals surface area contributed by atoms with Gasteiger partial charge < -0.3 is 9.84 Å². The first kappa shape index (κ1) is 48.9. The molecule has 0 aliphatic heterocycles. The fourth-order valence-corrected chi connectivity index (χ4v) is 7.43. The van der Waals surface area contributed by atoms with Gasteiger partial charge in [0.2, 0.25) is 0 Å². The van der Waals surface area contributed by atoms with Crippen molar-refractivity contribution in [3.8, 4) is 0 Å². The quantitative estimate of drug-likeness (QED) is 0.0506. The SMILES string of the molecule is CCCCCCCCCCCCCCCCCCCCCCCC(=O)OC(CCCCCCCCCCCCCCCCC)CCCC(=O)O. The van der Waals surface area contributed by atoms with Gasteiger partial charge in [-0.3, -0.25) is 9.59 Å². The molecule has 0 aromatic carbocycles. The minimum atomic E-state index is -0.762. The van der Waals surface area contributed by atoms with Gasteiger partial charge in [-0.05, 0) is 32.1 Å². The van der Waals surface area contributed by atoms with Gasteiger partial charge in [0.25, 0.3) is 0 Å². The number of esters is 1. The number of unbranched alkanes of at least 4 members (excludes halogenated alkanes) is 34. The maximum Gasteiger partial charge on any atom is 0.306 e. The van der Waals surface area contributed by atoms with E-state index in [2.05, 4.69) is 13.8 Å². The number of carbonyl (C=O) groups excluding carboxylic acids is 1. The fourth-order valence-electron chi connectivity index (χ4n) is 7.43. The van der Waals surface area contributed by atoms with Gasteiger partial charge in [0.05, 0.1) is 0 Å². The molecule has 0 amide bonds. The van der Waals surface area contributed by atoms with Gasteiger partial charge in [-0.2, -0.15) is 0 Å². The first-order valence-corrected chi connectivity index (χ1v) is 23.0. The number of ether oxygens (including phenoxy) is 1. The van der Waals surface area contributed by atoms with E-state index in [0.717, 1.165) is 25.7 Å².